The van der Waals surface area contributed by atoms with Crippen LogP contribution in [0.25, 0.3) is 5.69 Å². The number of carbonyl (C=O) groups is 1. The predicted molar refractivity (Wildman–Crippen MR) is 86.2 cm³/mol. The smallest absolute Gasteiger partial charge is 0.251 e. The molecule has 1 aromatic carbocycles. The average Bonchev–Trinajstić information content (AvgIpc) is 3.01. The van der Waals surface area contributed by atoms with Crippen molar-refractivity contribution in [2.45, 2.75) is 20.4 Å². The summed E-state index contributed by atoms with van der Waals surface area (Å²) in [5.74, 6) is -0.115. The van der Waals surface area contributed by atoms with Gasteiger partial charge in [-0.1, -0.05) is 22.4 Å². The summed E-state index contributed by atoms with van der Waals surface area (Å²) in [5.41, 5.74) is 4.36. The third-order valence-electron chi connectivity index (χ3n) is 3.38. The molecule has 0 aliphatic carbocycles. The number of benzene rings is 1. The fourth-order valence-electron chi connectivity index (χ4n) is 2.38. The maximum absolute atomic E-state index is 12.2. The first-order valence-corrected chi connectivity index (χ1v) is 7.30. The Bertz CT molecular complexity index is 806. The van der Waals surface area contributed by atoms with Crippen molar-refractivity contribution >= 4 is 5.91 Å². The van der Waals surface area contributed by atoms with Crippen LogP contribution in [0.2, 0.25) is 0 Å². The molecule has 2 heterocycles. The van der Waals surface area contributed by atoms with Crippen molar-refractivity contribution in [3.05, 3.63) is 71.3 Å². The molecule has 116 valence electrons. The van der Waals surface area contributed by atoms with Gasteiger partial charge in [0, 0.05) is 18.0 Å². The molecule has 0 unspecified atom stereocenters. The van der Waals surface area contributed by atoms with Gasteiger partial charge in [0.1, 0.15) is 5.69 Å². The van der Waals surface area contributed by atoms with E-state index in [4.69, 9.17) is 0 Å². The van der Waals surface area contributed by atoms with Gasteiger partial charge in [-0.05, 0) is 38.1 Å². The number of aromatic nitrogens is 4. The number of nitrogens with zero attached hydrogens (tertiary/aromatic N) is 4. The first-order valence-electron chi connectivity index (χ1n) is 7.30. The monoisotopic (exact) mass is 307 g/mol. The molecule has 0 atom stereocenters. The first kappa shape index (κ1) is 14.9. The Labute approximate surface area is 134 Å². The fourth-order valence-corrected chi connectivity index (χ4v) is 2.38. The summed E-state index contributed by atoms with van der Waals surface area (Å²) >= 11 is 0. The predicted octanol–water partition coefficient (Wildman–Crippen LogP) is 2.21. The number of pyridine rings is 1. The SMILES string of the molecule is Cc1cc(C)cc(C(=O)NCc2cn(-c3ccncc3)nn2)c1. The van der Waals surface area contributed by atoms with E-state index in [0.29, 0.717) is 17.8 Å². The van der Waals surface area contributed by atoms with Gasteiger partial charge in [0.2, 0.25) is 0 Å². The lowest BCUT2D eigenvalue weighted by Gasteiger charge is -2.05. The molecule has 0 spiro atoms. The van der Waals surface area contributed by atoms with E-state index in [-0.39, 0.29) is 5.91 Å². The number of carbonyl (C=O) groups excluding carboxylic acids is 1. The molecule has 0 aliphatic heterocycles. The Balaban J connectivity index is 1.67. The Morgan fingerprint density at radius 3 is 2.52 bits per heavy atom. The summed E-state index contributed by atoms with van der Waals surface area (Å²) in [6.45, 7) is 4.28. The van der Waals surface area contributed by atoms with Gasteiger partial charge < -0.3 is 5.32 Å². The highest BCUT2D eigenvalue weighted by Gasteiger charge is 2.08. The van der Waals surface area contributed by atoms with Crippen molar-refractivity contribution in [1.29, 1.82) is 0 Å². The Morgan fingerprint density at radius 1 is 1.13 bits per heavy atom. The number of hydrogen-bond acceptors (Lipinski definition) is 4. The second-order valence-electron chi connectivity index (χ2n) is 5.42. The van der Waals surface area contributed by atoms with Crippen LogP contribution in [0.4, 0.5) is 0 Å². The molecule has 0 bridgehead atoms. The topological polar surface area (TPSA) is 72.7 Å². The quantitative estimate of drug-likeness (QED) is 0.802. The second kappa shape index (κ2) is 6.39. The summed E-state index contributed by atoms with van der Waals surface area (Å²) in [7, 11) is 0. The third kappa shape index (κ3) is 3.60. The molecule has 6 heteroatoms. The standard InChI is InChI=1S/C17H17N5O/c1-12-7-13(2)9-14(8-12)17(23)19-10-15-11-22(21-20-15)16-3-5-18-6-4-16/h3-9,11H,10H2,1-2H3,(H,19,23). The van der Waals surface area contributed by atoms with Gasteiger partial charge in [0.25, 0.3) is 5.91 Å². The van der Waals surface area contributed by atoms with Crippen molar-refractivity contribution in [1.82, 2.24) is 25.3 Å². The zero-order chi connectivity index (χ0) is 16.2. The molecule has 1 N–H and O–H groups in total. The van der Waals surface area contributed by atoms with Crippen LogP contribution < -0.4 is 5.32 Å². The molecular formula is C17H17N5O. The van der Waals surface area contributed by atoms with Gasteiger partial charge in [0.05, 0.1) is 18.4 Å². The van der Waals surface area contributed by atoms with Crippen LogP contribution in [-0.4, -0.2) is 25.9 Å². The second-order valence-corrected chi connectivity index (χ2v) is 5.42. The first-order chi connectivity index (χ1) is 11.1. The molecule has 0 saturated heterocycles. The zero-order valence-electron chi connectivity index (χ0n) is 13.0. The maximum atomic E-state index is 12.2. The Morgan fingerprint density at radius 2 is 1.83 bits per heavy atom. The summed E-state index contributed by atoms with van der Waals surface area (Å²) < 4.78 is 1.65. The summed E-state index contributed by atoms with van der Waals surface area (Å²) in [5, 5.41) is 11.0. The van der Waals surface area contributed by atoms with Crippen LogP contribution >= 0.6 is 0 Å². The number of amides is 1. The van der Waals surface area contributed by atoms with Crippen LogP contribution in [0.5, 0.6) is 0 Å². The lowest BCUT2D eigenvalue weighted by Crippen LogP contribution is -2.23. The van der Waals surface area contributed by atoms with Crippen LogP contribution in [0.1, 0.15) is 27.2 Å². The number of rotatable bonds is 4. The molecule has 0 saturated carbocycles. The van der Waals surface area contributed by atoms with Crippen LogP contribution in [0.3, 0.4) is 0 Å². The van der Waals surface area contributed by atoms with Gasteiger partial charge >= 0.3 is 0 Å². The van der Waals surface area contributed by atoms with Gasteiger partial charge in [-0.3, -0.25) is 9.78 Å². The minimum absolute atomic E-state index is 0.115. The van der Waals surface area contributed by atoms with Gasteiger partial charge in [-0.15, -0.1) is 5.10 Å². The van der Waals surface area contributed by atoms with Crippen molar-refractivity contribution in [3.8, 4) is 5.69 Å². The number of aryl methyl sites for hydroxylation is 2. The molecule has 0 aliphatic rings. The highest BCUT2D eigenvalue weighted by Crippen LogP contribution is 2.09. The zero-order valence-corrected chi connectivity index (χ0v) is 13.0. The van der Waals surface area contributed by atoms with E-state index in [2.05, 4.69) is 20.6 Å². The van der Waals surface area contributed by atoms with E-state index in [9.17, 15) is 4.79 Å². The van der Waals surface area contributed by atoms with Crippen molar-refractivity contribution in [2.75, 3.05) is 0 Å². The number of nitrogens with one attached hydrogen (secondary N) is 1. The van der Waals surface area contributed by atoms with Gasteiger partial charge in [0.15, 0.2) is 0 Å². The lowest BCUT2D eigenvalue weighted by molar-refractivity contribution is 0.0950. The van der Waals surface area contributed by atoms with Crippen molar-refractivity contribution < 1.29 is 4.79 Å². The highest BCUT2D eigenvalue weighted by molar-refractivity contribution is 5.94. The number of hydrogen-bond donors (Lipinski definition) is 1. The molecule has 0 fully saturated rings. The minimum atomic E-state index is -0.115. The molecular weight excluding hydrogens is 290 g/mol. The largest absolute Gasteiger partial charge is 0.346 e. The van der Waals surface area contributed by atoms with Crippen LogP contribution in [0, 0.1) is 13.8 Å². The van der Waals surface area contributed by atoms with E-state index < -0.39 is 0 Å². The van der Waals surface area contributed by atoms with E-state index in [1.165, 1.54) is 0 Å². The van der Waals surface area contributed by atoms with E-state index in [1.807, 2.05) is 44.2 Å². The Hall–Kier alpha value is -3.02. The average molecular weight is 307 g/mol. The molecule has 1 amide bonds. The normalized spacial score (nSPS) is 10.5. The van der Waals surface area contributed by atoms with Gasteiger partial charge in [-0.2, -0.15) is 0 Å². The van der Waals surface area contributed by atoms with Gasteiger partial charge in [-0.25, -0.2) is 4.68 Å². The molecule has 0 radical (unpaired) electrons. The van der Waals surface area contributed by atoms with E-state index in [1.54, 1.807) is 23.3 Å². The molecule has 23 heavy (non-hydrogen) atoms. The van der Waals surface area contributed by atoms with Crippen molar-refractivity contribution in [3.63, 3.8) is 0 Å². The molecule has 3 rings (SSSR count). The Kier molecular flexibility index (Phi) is 4.14. The van der Waals surface area contributed by atoms with E-state index >= 15 is 0 Å². The summed E-state index contributed by atoms with van der Waals surface area (Å²) in [4.78, 5) is 16.2. The maximum Gasteiger partial charge on any atom is 0.251 e. The summed E-state index contributed by atoms with van der Waals surface area (Å²) in [6.07, 6.45) is 5.17. The summed E-state index contributed by atoms with van der Waals surface area (Å²) in [6, 6.07) is 9.46. The minimum Gasteiger partial charge on any atom is -0.346 e. The molecule has 6 nitrogen and oxygen atoms in total. The highest BCUT2D eigenvalue weighted by atomic mass is 16.1. The lowest BCUT2D eigenvalue weighted by atomic mass is 10.1. The van der Waals surface area contributed by atoms with Crippen LogP contribution in [-0.2, 0) is 6.54 Å². The molecule has 3 aromatic rings. The van der Waals surface area contributed by atoms with Crippen molar-refractivity contribution in [2.24, 2.45) is 0 Å². The fraction of sp³-hybridized carbons (Fsp3) is 0.176. The molecule has 2 aromatic heterocycles. The van der Waals surface area contributed by atoms with Crippen LogP contribution in [0.15, 0.2) is 48.9 Å². The third-order valence-corrected chi connectivity index (χ3v) is 3.38. The van der Waals surface area contributed by atoms with E-state index in [0.717, 1.165) is 16.8 Å².